The van der Waals surface area contributed by atoms with E-state index in [1.165, 1.54) is 0 Å². The maximum Gasteiger partial charge on any atom is 0.339 e. The first-order chi connectivity index (χ1) is 11.0. The summed E-state index contributed by atoms with van der Waals surface area (Å²) >= 11 is 1.55. The van der Waals surface area contributed by atoms with Gasteiger partial charge >= 0.3 is 5.97 Å². The third kappa shape index (κ3) is 2.97. The Morgan fingerprint density at radius 2 is 1.87 bits per heavy atom. The molecule has 1 aliphatic rings. The summed E-state index contributed by atoms with van der Waals surface area (Å²) in [5.74, 6) is -0.774. The Bertz CT molecular complexity index is 774. The van der Waals surface area contributed by atoms with E-state index in [1.54, 1.807) is 30.8 Å². The molecular weight excluding hydrogens is 310 g/mol. The maximum absolute atomic E-state index is 12.7. The predicted octanol–water partition coefficient (Wildman–Crippen LogP) is 3.52. The van der Waals surface area contributed by atoms with Crippen molar-refractivity contribution in [2.75, 3.05) is 11.6 Å². The minimum atomic E-state index is -1.21. The molecule has 118 valence electrons. The summed E-state index contributed by atoms with van der Waals surface area (Å²) in [5, 5.41) is 2.89. The van der Waals surface area contributed by atoms with Crippen molar-refractivity contribution in [2.45, 2.75) is 23.8 Å². The van der Waals surface area contributed by atoms with Gasteiger partial charge in [0.15, 0.2) is 5.60 Å². The second kappa shape index (κ2) is 6.08. The fraction of sp³-hybridized carbons (Fsp3) is 0.222. The van der Waals surface area contributed by atoms with E-state index >= 15 is 0 Å². The predicted molar refractivity (Wildman–Crippen MR) is 90.8 cm³/mol. The first-order valence-corrected chi connectivity index (χ1v) is 8.52. The van der Waals surface area contributed by atoms with Crippen LogP contribution in [0.2, 0.25) is 0 Å². The minimum absolute atomic E-state index is 0.318. The van der Waals surface area contributed by atoms with E-state index in [2.05, 4.69) is 5.32 Å². The number of rotatable bonds is 3. The van der Waals surface area contributed by atoms with Crippen molar-refractivity contribution in [1.29, 1.82) is 0 Å². The van der Waals surface area contributed by atoms with Crippen molar-refractivity contribution in [3.63, 3.8) is 0 Å². The van der Waals surface area contributed by atoms with Crippen molar-refractivity contribution in [1.82, 2.24) is 0 Å². The highest BCUT2D eigenvalue weighted by Crippen LogP contribution is 2.31. The molecule has 1 N–H and O–H groups in total. The number of para-hydroxylation sites is 1. The van der Waals surface area contributed by atoms with Gasteiger partial charge in [-0.2, -0.15) is 0 Å². The Kier molecular flexibility index (Phi) is 4.13. The number of esters is 1. The SMILES string of the molecule is CSc1ccccc1NC(=O)C1(C)Cc2ccccc2C(=O)O1. The van der Waals surface area contributed by atoms with Gasteiger partial charge in [-0.1, -0.05) is 30.3 Å². The average molecular weight is 327 g/mol. The van der Waals surface area contributed by atoms with Gasteiger partial charge in [0.2, 0.25) is 0 Å². The van der Waals surface area contributed by atoms with Gasteiger partial charge in [-0.3, -0.25) is 4.79 Å². The van der Waals surface area contributed by atoms with Gasteiger partial charge in [-0.25, -0.2) is 4.79 Å². The molecule has 3 rings (SSSR count). The summed E-state index contributed by atoms with van der Waals surface area (Å²) in [4.78, 5) is 25.9. The minimum Gasteiger partial charge on any atom is -0.445 e. The van der Waals surface area contributed by atoms with Crippen molar-refractivity contribution in [3.8, 4) is 0 Å². The molecule has 0 fully saturated rings. The fourth-order valence-corrected chi connectivity index (χ4v) is 3.22. The van der Waals surface area contributed by atoms with Crippen LogP contribution >= 0.6 is 11.8 Å². The number of ether oxygens (including phenoxy) is 1. The lowest BCUT2D eigenvalue weighted by Gasteiger charge is -2.33. The van der Waals surface area contributed by atoms with Gasteiger partial charge in [-0.05, 0) is 36.9 Å². The Hall–Kier alpha value is -2.27. The molecule has 2 aromatic carbocycles. The Morgan fingerprint density at radius 3 is 2.65 bits per heavy atom. The molecule has 0 saturated heterocycles. The number of hydrogen-bond donors (Lipinski definition) is 1. The van der Waals surface area contributed by atoms with E-state index in [9.17, 15) is 9.59 Å². The highest BCUT2D eigenvalue weighted by Gasteiger charge is 2.42. The molecule has 0 saturated carbocycles. The first-order valence-electron chi connectivity index (χ1n) is 7.29. The van der Waals surface area contributed by atoms with E-state index in [1.807, 2.05) is 42.7 Å². The Labute approximate surface area is 139 Å². The van der Waals surface area contributed by atoms with Crippen LogP contribution in [0.5, 0.6) is 0 Å². The van der Waals surface area contributed by atoms with Gasteiger partial charge in [0.1, 0.15) is 0 Å². The zero-order valence-electron chi connectivity index (χ0n) is 13.0. The van der Waals surface area contributed by atoms with E-state index in [4.69, 9.17) is 4.74 Å². The Morgan fingerprint density at radius 1 is 1.17 bits per heavy atom. The summed E-state index contributed by atoms with van der Waals surface area (Å²) in [7, 11) is 0. The second-order valence-electron chi connectivity index (χ2n) is 5.61. The second-order valence-corrected chi connectivity index (χ2v) is 6.46. The molecule has 1 heterocycles. The van der Waals surface area contributed by atoms with Crippen LogP contribution in [0.3, 0.4) is 0 Å². The molecule has 4 nitrogen and oxygen atoms in total. The zero-order chi connectivity index (χ0) is 16.4. The molecule has 23 heavy (non-hydrogen) atoms. The molecule has 1 atom stereocenters. The fourth-order valence-electron chi connectivity index (χ4n) is 2.66. The topological polar surface area (TPSA) is 55.4 Å². The number of thioether (sulfide) groups is 1. The van der Waals surface area contributed by atoms with Crippen LogP contribution in [0.25, 0.3) is 0 Å². The number of benzene rings is 2. The zero-order valence-corrected chi connectivity index (χ0v) is 13.8. The van der Waals surface area contributed by atoms with Crippen LogP contribution in [0, 0.1) is 0 Å². The van der Waals surface area contributed by atoms with Crippen molar-refractivity contribution < 1.29 is 14.3 Å². The molecule has 0 radical (unpaired) electrons. The lowest BCUT2D eigenvalue weighted by molar-refractivity contribution is -0.134. The first kappa shape index (κ1) is 15.6. The maximum atomic E-state index is 12.7. The monoisotopic (exact) mass is 327 g/mol. The normalized spacial score (nSPS) is 19.7. The number of anilines is 1. The average Bonchev–Trinajstić information content (AvgIpc) is 2.55. The van der Waals surface area contributed by atoms with Gasteiger partial charge in [0, 0.05) is 11.3 Å². The summed E-state index contributed by atoms with van der Waals surface area (Å²) in [6, 6.07) is 14.8. The third-order valence-electron chi connectivity index (χ3n) is 3.92. The van der Waals surface area contributed by atoms with Gasteiger partial charge < -0.3 is 10.1 Å². The summed E-state index contributed by atoms with van der Waals surface area (Å²) in [5.41, 5.74) is 0.875. The van der Waals surface area contributed by atoms with Crippen LogP contribution in [-0.4, -0.2) is 23.7 Å². The van der Waals surface area contributed by atoms with Crippen molar-refractivity contribution in [2.24, 2.45) is 0 Å². The number of cyclic esters (lactones) is 1. The molecule has 0 aromatic heterocycles. The number of carbonyl (C=O) groups is 2. The van der Waals surface area contributed by atoms with Gasteiger partial charge in [-0.15, -0.1) is 11.8 Å². The smallest absolute Gasteiger partial charge is 0.339 e. The number of fused-ring (bicyclic) bond motifs is 1. The van der Waals surface area contributed by atoms with Crippen LogP contribution in [-0.2, 0) is 16.0 Å². The van der Waals surface area contributed by atoms with Crippen molar-refractivity contribution >= 4 is 29.3 Å². The summed E-state index contributed by atoms with van der Waals surface area (Å²) in [6.45, 7) is 1.65. The van der Waals surface area contributed by atoms with Gasteiger partial charge in [0.25, 0.3) is 5.91 Å². The van der Waals surface area contributed by atoms with Crippen LogP contribution in [0.4, 0.5) is 5.69 Å². The molecule has 0 spiro atoms. The highest BCUT2D eigenvalue weighted by atomic mass is 32.2. The van der Waals surface area contributed by atoms with Gasteiger partial charge in [0.05, 0.1) is 11.3 Å². The molecular formula is C18H17NO3S. The molecule has 2 aromatic rings. The number of hydrogen-bond acceptors (Lipinski definition) is 4. The third-order valence-corrected chi connectivity index (χ3v) is 4.71. The quantitative estimate of drug-likeness (QED) is 0.692. The van der Waals surface area contributed by atoms with E-state index in [0.717, 1.165) is 16.1 Å². The molecule has 1 aliphatic heterocycles. The van der Waals surface area contributed by atoms with Crippen molar-refractivity contribution in [3.05, 3.63) is 59.7 Å². The lowest BCUT2D eigenvalue weighted by atomic mass is 9.89. The Balaban J connectivity index is 1.86. The van der Waals surface area contributed by atoms with Crippen LogP contribution < -0.4 is 5.32 Å². The number of carbonyl (C=O) groups excluding carboxylic acids is 2. The number of nitrogens with one attached hydrogen (secondary N) is 1. The van der Waals surface area contributed by atoms with Crippen LogP contribution in [0.15, 0.2) is 53.4 Å². The molecule has 1 amide bonds. The molecule has 0 bridgehead atoms. The van der Waals surface area contributed by atoms with Crippen LogP contribution in [0.1, 0.15) is 22.8 Å². The molecule has 1 unspecified atom stereocenters. The summed E-state index contributed by atoms with van der Waals surface area (Å²) in [6.07, 6.45) is 2.31. The van der Waals surface area contributed by atoms with E-state index in [0.29, 0.717) is 12.0 Å². The van der Waals surface area contributed by atoms with E-state index in [-0.39, 0.29) is 5.91 Å². The molecule has 5 heteroatoms. The van der Waals surface area contributed by atoms with E-state index < -0.39 is 11.6 Å². The lowest BCUT2D eigenvalue weighted by Crippen LogP contribution is -2.48. The molecule has 0 aliphatic carbocycles. The highest BCUT2D eigenvalue weighted by molar-refractivity contribution is 7.98. The standard InChI is InChI=1S/C18H17NO3S/c1-18(11-12-7-3-4-8-13(12)16(20)22-18)17(21)19-14-9-5-6-10-15(14)23-2/h3-10H,11H2,1-2H3,(H,19,21). The largest absolute Gasteiger partial charge is 0.445 e. The number of amides is 1. The summed E-state index contributed by atoms with van der Waals surface area (Å²) < 4.78 is 5.45.